The first-order valence-corrected chi connectivity index (χ1v) is 13.0. The first-order valence-electron chi connectivity index (χ1n) is 13.0. The van der Waals surface area contributed by atoms with Crippen LogP contribution in [0.2, 0.25) is 0 Å². The van der Waals surface area contributed by atoms with Crippen LogP contribution in [0.25, 0.3) is 10.8 Å². The number of hydrogen-bond acceptors (Lipinski definition) is 4. The van der Waals surface area contributed by atoms with E-state index in [1.165, 1.54) is 36.5 Å². The molecule has 2 aliphatic heterocycles. The van der Waals surface area contributed by atoms with E-state index in [-0.39, 0.29) is 18.3 Å². The summed E-state index contributed by atoms with van der Waals surface area (Å²) < 4.78 is 5.42. The van der Waals surface area contributed by atoms with E-state index in [4.69, 9.17) is 4.74 Å². The zero-order chi connectivity index (χ0) is 22.7. The minimum Gasteiger partial charge on any atom is -0.381 e. The standard InChI is InChI=1S/C28H41N3O2.ClH/c32-28(20-26-8-5-7-25-6-1-2-9-27(25)26)31-16-10-23(11-17-31)21-29-14-3-4-15-30-22-24-12-18-33-19-13-24;/h1-2,5-9,23-24,29-30H,3-4,10-22H2;1H. The molecule has 0 spiro atoms. The molecule has 1 amide bonds. The lowest BCUT2D eigenvalue weighted by Crippen LogP contribution is -2.41. The van der Waals surface area contributed by atoms with Crippen LogP contribution < -0.4 is 10.6 Å². The predicted molar refractivity (Wildman–Crippen MR) is 143 cm³/mol. The van der Waals surface area contributed by atoms with Gasteiger partial charge < -0.3 is 20.3 Å². The summed E-state index contributed by atoms with van der Waals surface area (Å²) in [7, 11) is 0. The highest BCUT2D eigenvalue weighted by atomic mass is 35.5. The number of piperidine rings is 1. The number of amides is 1. The number of fused-ring (bicyclic) bond motifs is 1. The summed E-state index contributed by atoms with van der Waals surface area (Å²) in [5, 5.41) is 9.68. The Kier molecular flexibility index (Phi) is 11.6. The smallest absolute Gasteiger partial charge is 0.227 e. The summed E-state index contributed by atoms with van der Waals surface area (Å²) >= 11 is 0. The van der Waals surface area contributed by atoms with Gasteiger partial charge in [0.2, 0.25) is 5.91 Å². The van der Waals surface area contributed by atoms with Crippen LogP contribution in [0.3, 0.4) is 0 Å². The molecule has 34 heavy (non-hydrogen) atoms. The Labute approximate surface area is 211 Å². The summed E-state index contributed by atoms with van der Waals surface area (Å²) in [6, 6.07) is 14.6. The highest BCUT2D eigenvalue weighted by Gasteiger charge is 2.23. The number of ether oxygens (including phenoxy) is 1. The van der Waals surface area contributed by atoms with Crippen LogP contribution in [0.5, 0.6) is 0 Å². The number of nitrogens with zero attached hydrogens (tertiary/aromatic N) is 1. The number of rotatable bonds is 11. The number of unbranched alkanes of at least 4 members (excludes halogenated alkanes) is 1. The van der Waals surface area contributed by atoms with Crippen LogP contribution in [0.4, 0.5) is 0 Å². The lowest BCUT2D eigenvalue weighted by molar-refractivity contribution is -0.131. The van der Waals surface area contributed by atoms with E-state index in [1.807, 2.05) is 0 Å². The molecule has 0 bridgehead atoms. The van der Waals surface area contributed by atoms with E-state index in [0.717, 1.165) is 76.8 Å². The number of likely N-dealkylation sites (tertiary alicyclic amines) is 1. The van der Waals surface area contributed by atoms with E-state index < -0.39 is 0 Å². The van der Waals surface area contributed by atoms with Gasteiger partial charge in [-0.2, -0.15) is 0 Å². The summed E-state index contributed by atoms with van der Waals surface area (Å²) in [6.07, 6.45) is 7.61. The monoisotopic (exact) mass is 487 g/mol. The molecular formula is C28H42ClN3O2. The summed E-state index contributed by atoms with van der Waals surface area (Å²) in [6.45, 7) is 8.12. The quantitative estimate of drug-likeness (QED) is 0.460. The molecule has 0 unspecified atom stereocenters. The second-order valence-electron chi connectivity index (χ2n) is 9.81. The second kappa shape index (κ2) is 14.7. The average Bonchev–Trinajstić information content (AvgIpc) is 2.87. The van der Waals surface area contributed by atoms with Crippen LogP contribution in [0.1, 0.15) is 44.1 Å². The molecule has 0 radical (unpaired) electrons. The van der Waals surface area contributed by atoms with Crippen molar-refractivity contribution in [3.05, 3.63) is 48.0 Å². The molecule has 2 fully saturated rings. The van der Waals surface area contributed by atoms with Crippen LogP contribution in [0, 0.1) is 11.8 Å². The van der Waals surface area contributed by atoms with E-state index in [2.05, 4.69) is 58.0 Å². The van der Waals surface area contributed by atoms with Gasteiger partial charge in [-0.3, -0.25) is 4.79 Å². The molecule has 2 N–H and O–H groups in total. The minimum absolute atomic E-state index is 0. The summed E-state index contributed by atoms with van der Waals surface area (Å²) in [4.78, 5) is 15.0. The number of nitrogens with one attached hydrogen (secondary N) is 2. The van der Waals surface area contributed by atoms with Gasteiger partial charge in [0, 0.05) is 26.3 Å². The molecule has 2 heterocycles. The van der Waals surface area contributed by atoms with Gasteiger partial charge in [-0.15, -0.1) is 12.4 Å². The molecule has 0 aromatic heterocycles. The highest BCUT2D eigenvalue weighted by Crippen LogP contribution is 2.21. The molecule has 0 atom stereocenters. The Balaban J connectivity index is 0.00000324. The van der Waals surface area contributed by atoms with Gasteiger partial charge in [0.05, 0.1) is 6.42 Å². The molecule has 0 saturated carbocycles. The van der Waals surface area contributed by atoms with Gasteiger partial charge in [-0.05, 0) is 92.9 Å². The molecule has 2 aromatic carbocycles. The zero-order valence-corrected chi connectivity index (χ0v) is 21.3. The normalized spacial score (nSPS) is 17.6. The number of carbonyl (C=O) groups excluding carboxylic acids is 1. The number of hydrogen-bond donors (Lipinski definition) is 2. The molecule has 2 saturated heterocycles. The Morgan fingerprint density at radius 2 is 1.47 bits per heavy atom. The lowest BCUT2D eigenvalue weighted by Gasteiger charge is -2.32. The van der Waals surface area contributed by atoms with E-state index >= 15 is 0 Å². The lowest BCUT2D eigenvalue weighted by atomic mass is 9.95. The van der Waals surface area contributed by atoms with Crippen LogP contribution in [0.15, 0.2) is 42.5 Å². The van der Waals surface area contributed by atoms with Crippen molar-refractivity contribution in [3.8, 4) is 0 Å². The van der Waals surface area contributed by atoms with Gasteiger partial charge in [0.1, 0.15) is 0 Å². The predicted octanol–water partition coefficient (Wildman–Crippen LogP) is 4.43. The maximum Gasteiger partial charge on any atom is 0.227 e. The largest absolute Gasteiger partial charge is 0.381 e. The third-order valence-electron chi connectivity index (χ3n) is 7.35. The van der Waals surface area contributed by atoms with Gasteiger partial charge >= 0.3 is 0 Å². The molecule has 2 aliphatic rings. The van der Waals surface area contributed by atoms with Crippen molar-refractivity contribution in [2.24, 2.45) is 11.8 Å². The molecule has 188 valence electrons. The third kappa shape index (κ3) is 8.23. The summed E-state index contributed by atoms with van der Waals surface area (Å²) in [5.41, 5.74) is 1.14. The van der Waals surface area contributed by atoms with Crippen molar-refractivity contribution in [2.45, 2.75) is 44.9 Å². The fourth-order valence-corrected chi connectivity index (χ4v) is 5.17. The van der Waals surface area contributed by atoms with E-state index in [9.17, 15) is 4.79 Å². The fourth-order valence-electron chi connectivity index (χ4n) is 5.17. The van der Waals surface area contributed by atoms with Crippen molar-refractivity contribution in [1.82, 2.24) is 15.5 Å². The van der Waals surface area contributed by atoms with Gasteiger partial charge in [0.25, 0.3) is 0 Å². The third-order valence-corrected chi connectivity index (χ3v) is 7.35. The van der Waals surface area contributed by atoms with Crippen molar-refractivity contribution in [1.29, 1.82) is 0 Å². The molecule has 0 aliphatic carbocycles. The number of carbonyl (C=O) groups is 1. The summed E-state index contributed by atoms with van der Waals surface area (Å²) in [5.74, 6) is 1.77. The van der Waals surface area contributed by atoms with Crippen molar-refractivity contribution in [3.63, 3.8) is 0 Å². The van der Waals surface area contributed by atoms with E-state index in [0.29, 0.717) is 12.3 Å². The molecule has 6 heteroatoms. The maximum absolute atomic E-state index is 12.9. The van der Waals surface area contributed by atoms with Crippen molar-refractivity contribution < 1.29 is 9.53 Å². The van der Waals surface area contributed by atoms with Crippen molar-refractivity contribution in [2.75, 3.05) is 52.5 Å². The first-order chi connectivity index (χ1) is 16.3. The Bertz CT molecular complexity index is 858. The van der Waals surface area contributed by atoms with Crippen molar-refractivity contribution >= 4 is 29.1 Å². The van der Waals surface area contributed by atoms with Crippen LogP contribution in [-0.2, 0) is 16.0 Å². The SMILES string of the molecule is Cl.O=C(Cc1cccc2ccccc12)N1CCC(CNCCCCNCC2CCOCC2)CC1. The van der Waals surface area contributed by atoms with Crippen LogP contribution in [-0.4, -0.2) is 63.3 Å². The molecule has 4 rings (SSSR count). The number of halogens is 1. The molecule has 5 nitrogen and oxygen atoms in total. The highest BCUT2D eigenvalue weighted by molar-refractivity contribution is 5.90. The Hall–Kier alpha value is -1.66. The fraction of sp³-hybridized carbons (Fsp3) is 0.607. The zero-order valence-electron chi connectivity index (χ0n) is 20.5. The number of benzene rings is 2. The topological polar surface area (TPSA) is 53.6 Å². The minimum atomic E-state index is 0. The van der Waals surface area contributed by atoms with Crippen LogP contribution >= 0.6 is 12.4 Å². The Morgan fingerprint density at radius 1 is 0.853 bits per heavy atom. The molecule has 2 aromatic rings. The average molecular weight is 488 g/mol. The first kappa shape index (κ1) is 26.9. The Morgan fingerprint density at radius 3 is 2.18 bits per heavy atom. The maximum atomic E-state index is 12.9. The van der Waals surface area contributed by atoms with Gasteiger partial charge in [-0.25, -0.2) is 0 Å². The van der Waals surface area contributed by atoms with E-state index in [1.54, 1.807) is 0 Å². The van der Waals surface area contributed by atoms with Gasteiger partial charge in [-0.1, -0.05) is 42.5 Å². The second-order valence-corrected chi connectivity index (χ2v) is 9.81. The van der Waals surface area contributed by atoms with Gasteiger partial charge in [0.15, 0.2) is 0 Å². The molecular weight excluding hydrogens is 446 g/mol.